The van der Waals surface area contributed by atoms with Crippen molar-refractivity contribution < 1.29 is 13.9 Å². The predicted octanol–water partition coefficient (Wildman–Crippen LogP) is 5.97. The number of fused-ring (bicyclic) bond motifs is 3. The van der Waals surface area contributed by atoms with Gasteiger partial charge in [-0.2, -0.15) is 0 Å². The lowest BCUT2D eigenvalue weighted by atomic mass is 9.96. The molecule has 180 valence electrons. The summed E-state index contributed by atoms with van der Waals surface area (Å²) in [5, 5.41) is 1.11. The first-order valence-corrected chi connectivity index (χ1v) is 13.3. The van der Waals surface area contributed by atoms with E-state index >= 15 is 0 Å². The number of thioether (sulfide) groups is 1. The van der Waals surface area contributed by atoms with Gasteiger partial charge in [0, 0.05) is 16.9 Å². The Bertz CT molecular complexity index is 1470. The number of aromatic nitrogens is 2. The van der Waals surface area contributed by atoms with Crippen molar-refractivity contribution in [3.8, 4) is 5.69 Å². The molecule has 1 aliphatic rings. The van der Waals surface area contributed by atoms with Gasteiger partial charge in [0.1, 0.15) is 10.6 Å². The summed E-state index contributed by atoms with van der Waals surface area (Å²) in [5.74, 6) is -0.116. The number of ketones is 1. The molecule has 0 radical (unpaired) electrons. The number of Topliss-reactive ketones (excluding diaryl/α,β-unsaturated/α-hetero) is 1. The van der Waals surface area contributed by atoms with Gasteiger partial charge in [0.05, 0.1) is 29.5 Å². The number of aryl methyl sites for hydroxylation is 1. The van der Waals surface area contributed by atoms with Gasteiger partial charge in [-0.3, -0.25) is 14.2 Å². The van der Waals surface area contributed by atoms with Gasteiger partial charge in [-0.15, -0.1) is 11.3 Å². The molecule has 0 fully saturated rings. The molecule has 0 aliphatic carbocycles. The van der Waals surface area contributed by atoms with Crippen molar-refractivity contribution in [3.05, 3.63) is 86.3 Å². The third kappa shape index (κ3) is 4.70. The highest BCUT2D eigenvalue weighted by atomic mass is 32.2. The maximum Gasteiger partial charge on any atom is 0.267 e. The quantitative estimate of drug-likeness (QED) is 0.183. The molecule has 2 aromatic heterocycles. The van der Waals surface area contributed by atoms with Crippen molar-refractivity contribution >= 4 is 39.1 Å². The number of rotatable bonds is 6. The Balaban J connectivity index is 1.60. The summed E-state index contributed by atoms with van der Waals surface area (Å²) < 4.78 is 20.9. The molecule has 0 saturated heterocycles. The van der Waals surface area contributed by atoms with Crippen molar-refractivity contribution in [2.45, 2.75) is 45.1 Å². The van der Waals surface area contributed by atoms with Gasteiger partial charge >= 0.3 is 0 Å². The summed E-state index contributed by atoms with van der Waals surface area (Å²) in [4.78, 5) is 33.3. The number of carbonyl (C=O) groups excluding carboxylic acids is 1. The second kappa shape index (κ2) is 9.68. The van der Waals surface area contributed by atoms with Crippen molar-refractivity contribution in [1.29, 1.82) is 0 Å². The average molecular weight is 509 g/mol. The second-order valence-corrected chi connectivity index (χ2v) is 11.1. The number of carbonyl (C=O) groups is 1. The molecule has 5 nitrogen and oxygen atoms in total. The number of halogens is 1. The molecule has 0 N–H and O–H groups in total. The minimum Gasteiger partial charge on any atom is -0.372 e. The van der Waals surface area contributed by atoms with Crippen molar-refractivity contribution in [2.75, 3.05) is 5.75 Å². The zero-order valence-corrected chi connectivity index (χ0v) is 21.3. The van der Waals surface area contributed by atoms with Crippen LogP contribution in [-0.2, 0) is 17.8 Å². The molecule has 0 spiro atoms. The largest absolute Gasteiger partial charge is 0.372 e. The van der Waals surface area contributed by atoms with E-state index in [1.807, 2.05) is 31.2 Å². The highest BCUT2D eigenvalue weighted by Gasteiger charge is 2.29. The SMILES string of the molecule is Cc1cccc(-n2c(SCC(=O)c3ccc(F)cc3)nc3sc4c(c3c2=O)C[C@H](C(C)C)OC4)c1. The third-order valence-corrected chi connectivity index (χ3v) is 8.25. The van der Waals surface area contributed by atoms with E-state index in [4.69, 9.17) is 9.72 Å². The number of thiophene rings is 1. The molecule has 5 rings (SSSR count). The number of benzene rings is 2. The first-order chi connectivity index (χ1) is 16.8. The lowest BCUT2D eigenvalue weighted by Crippen LogP contribution is -2.28. The van der Waals surface area contributed by atoms with E-state index < -0.39 is 0 Å². The van der Waals surface area contributed by atoms with Crippen LogP contribution in [0.2, 0.25) is 0 Å². The molecule has 3 heterocycles. The maximum absolute atomic E-state index is 14.0. The fourth-order valence-corrected chi connectivity index (χ4v) is 6.35. The molecule has 35 heavy (non-hydrogen) atoms. The van der Waals surface area contributed by atoms with Crippen molar-refractivity contribution in [3.63, 3.8) is 0 Å². The molecule has 8 heteroatoms. The van der Waals surface area contributed by atoms with Crippen LogP contribution in [-0.4, -0.2) is 27.2 Å². The molecule has 0 bridgehead atoms. The second-order valence-electron chi connectivity index (χ2n) is 9.07. The number of nitrogens with zero attached hydrogens (tertiary/aromatic N) is 2. The first-order valence-electron chi connectivity index (χ1n) is 11.5. The molecule has 4 aromatic rings. The van der Waals surface area contributed by atoms with Crippen LogP contribution in [0.1, 0.15) is 40.2 Å². The monoisotopic (exact) mass is 508 g/mol. The zero-order chi connectivity index (χ0) is 24.7. The molecular weight excluding hydrogens is 483 g/mol. The topological polar surface area (TPSA) is 61.2 Å². The van der Waals surface area contributed by atoms with Gasteiger partial charge in [-0.05, 0) is 60.4 Å². The van der Waals surface area contributed by atoms with Gasteiger partial charge in [-0.25, -0.2) is 9.37 Å². The fraction of sp³-hybridized carbons (Fsp3) is 0.296. The number of hydrogen-bond acceptors (Lipinski definition) is 6. The summed E-state index contributed by atoms with van der Waals surface area (Å²) >= 11 is 2.71. The van der Waals surface area contributed by atoms with Crippen molar-refractivity contribution in [2.24, 2.45) is 5.92 Å². The van der Waals surface area contributed by atoms with Crippen LogP contribution < -0.4 is 5.56 Å². The van der Waals surface area contributed by atoms with E-state index in [0.717, 1.165) is 16.0 Å². The van der Waals surface area contributed by atoms with Crippen LogP contribution in [0, 0.1) is 18.7 Å². The van der Waals surface area contributed by atoms with E-state index in [0.29, 0.717) is 45.6 Å². The maximum atomic E-state index is 14.0. The van der Waals surface area contributed by atoms with E-state index in [1.165, 1.54) is 47.4 Å². The van der Waals surface area contributed by atoms with E-state index in [1.54, 1.807) is 4.57 Å². The Hall–Kier alpha value is -2.81. The predicted molar refractivity (Wildman–Crippen MR) is 139 cm³/mol. The van der Waals surface area contributed by atoms with Crippen molar-refractivity contribution in [1.82, 2.24) is 9.55 Å². The minimum atomic E-state index is -0.389. The van der Waals surface area contributed by atoms with Gasteiger partial charge in [0.2, 0.25) is 0 Å². The Morgan fingerprint density at radius 3 is 2.74 bits per heavy atom. The molecule has 0 saturated carbocycles. The molecule has 0 amide bonds. The van der Waals surface area contributed by atoms with E-state index in [-0.39, 0.29) is 29.0 Å². The van der Waals surface area contributed by atoms with Gasteiger partial charge in [-0.1, -0.05) is 37.7 Å². The Kier molecular flexibility index (Phi) is 6.61. The smallest absolute Gasteiger partial charge is 0.267 e. The van der Waals surface area contributed by atoms with Crippen LogP contribution in [0.5, 0.6) is 0 Å². The molecular formula is C27H25FN2O3S2. The Morgan fingerprint density at radius 2 is 2.03 bits per heavy atom. The molecule has 1 aliphatic heterocycles. The van der Waals surface area contributed by atoms with Crippen LogP contribution in [0.3, 0.4) is 0 Å². The lowest BCUT2D eigenvalue weighted by Gasteiger charge is -2.26. The van der Waals surface area contributed by atoms with Crippen LogP contribution >= 0.6 is 23.1 Å². The fourth-order valence-electron chi connectivity index (χ4n) is 4.28. The van der Waals surface area contributed by atoms with E-state index in [9.17, 15) is 14.0 Å². The van der Waals surface area contributed by atoms with Gasteiger partial charge in [0.15, 0.2) is 10.9 Å². The summed E-state index contributed by atoms with van der Waals surface area (Å²) in [7, 11) is 0. The first kappa shape index (κ1) is 23.9. The zero-order valence-electron chi connectivity index (χ0n) is 19.7. The summed E-state index contributed by atoms with van der Waals surface area (Å²) in [6.45, 7) is 6.71. The lowest BCUT2D eigenvalue weighted by molar-refractivity contribution is 0.00200. The molecule has 1 atom stereocenters. The number of hydrogen-bond donors (Lipinski definition) is 0. The molecule has 0 unspecified atom stereocenters. The minimum absolute atomic E-state index is 0.0644. The Labute approximate surface area is 211 Å². The highest BCUT2D eigenvalue weighted by Crippen LogP contribution is 2.36. The van der Waals surface area contributed by atoms with Gasteiger partial charge < -0.3 is 4.74 Å². The highest BCUT2D eigenvalue weighted by molar-refractivity contribution is 7.99. The van der Waals surface area contributed by atoms with Crippen LogP contribution in [0.15, 0.2) is 58.5 Å². The normalized spacial score (nSPS) is 15.5. The third-order valence-electron chi connectivity index (χ3n) is 6.21. The standard InChI is InChI=1S/C27H25FN2O3S2/c1-15(2)22-12-20-23(13-33-22)35-25-24(20)26(32)30(19-6-4-5-16(3)11-19)27(29-25)34-14-21(31)17-7-9-18(28)10-8-17/h4-11,15,22H,12-14H2,1-3H3/t22-/m1/s1. The van der Waals surface area contributed by atoms with Gasteiger partial charge in [0.25, 0.3) is 5.56 Å². The summed E-state index contributed by atoms with van der Waals surface area (Å²) in [5.41, 5.74) is 3.07. The van der Waals surface area contributed by atoms with Crippen LogP contribution in [0.4, 0.5) is 4.39 Å². The number of ether oxygens (including phenoxy) is 1. The summed E-state index contributed by atoms with van der Waals surface area (Å²) in [6.07, 6.45) is 0.752. The van der Waals surface area contributed by atoms with Crippen LogP contribution in [0.25, 0.3) is 15.9 Å². The Morgan fingerprint density at radius 1 is 1.26 bits per heavy atom. The molecule has 2 aromatic carbocycles. The summed E-state index contributed by atoms with van der Waals surface area (Å²) in [6, 6.07) is 13.2. The average Bonchev–Trinajstić information content (AvgIpc) is 3.20. The van der Waals surface area contributed by atoms with E-state index in [2.05, 4.69) is 13.8 Å².